The predicted octanol–water partition coefficient (Wildman–Crippen LogP) is 8.65. The Morgan fingerprint density at radius 1 is 0.840 bits per heavy atom. The molecule has 262 valence electrons. The van der Waals surface area contributed by atoms with Gasteiger partial charge in [0.15, 0.2) is 0 Å². The van der Waals surface area contributed by atoms with Gasteiger partial charge in [-0.25, -0.2) is 17.9 Å². The summed E-state index contributed by atoms with van der Waals surface area (Å²) < 4.78 is 49.2. The van der Waals surface area contributed by atoms with E-state index in [0.29, 0.717) is 46.6 Å². The van der Waals surface area contributed by atoms with Gasteiger partial charge in [0.1, 0.15) is 6.10 Å². The second-order valence-electron chi connectivity index (χ2n) is 12.0. The molecule has 4 aromatic carbocycles. The van der Waals surface area contributed by atoms with E-state index in [1.165, 1.54) is 19.2 Å². The summed E-state index contributed by atoms with van der Waals surface area (Å²) in [6, 6.07) is 30.8. The van der Waals surface area contributed by atoms with Gasteiger partial charge >= 0.3 is 11.9 Å². The van der Waals surface area contributed by atoms with Gasteiger partial charge < -0.3 is 14.2 Å². The van der Waals surface area contributed by atoms with Gasteiger partial charge in [0.2, 0.25) is 10.0 Å². The number of nitrogens with one attached hydrogen (secondary N) is 1. The van der Waals surface area contributed by atoms with Gasteiger partial charge in [-0.3, -0.25) is 4.79 Å². The van der Waals surface area contributed by atoms with Gasteiger partial charge in [0.05, 0.1) is 36.3 Å². The third kappa shape index (κ3) is 10.2. The zero-order chi connectivity index (χ0) is 35.5. The monoisotopic (exact) mass is 823 g/mol. The molecule has 11 heteroatoms. The number of benzene rings is 4. The van der Waals surface area contributed by atoms with Crippen LogP contribution in [0.2, 0.25) is 0 Å². The smallest absolute Gasteiger partial charge is 0.338 e. The average Bonchev–Trinajstić information content (AvgIpc) is 3.44. The van der Waals surface area contributed by atoms with E-state index in [-0.39, 0.29) is 23.4 Å². The predicted molar refractivity (Wildman–Crippen MR) is 200 cm³/mol. The number of hydrogen-bond donors (Lipinski definition) is 1. The average molecular weight is 826 g/mol. The summed E-state index contributed by atoms with van der Waals surface area (Å²) in [5, 5.41) is 0. The highest BCUT2D eigenvalue weighted by molar-refractivity contribution is 9.13. The molecule has 0 unspecified atom stereocenters. The molecule has 8 nitrogen and oxygen atoms in total. The normalized spacial score (nSPS) is 19.0. The molecule has 0 heterocycles. The number of methoxy groups -OCH3 is 1. The van der Waals surface area contributed by atoms with Gasteiger partial charge in [-0.05, 0) is 98.1 Å². The molecule has 1 aliphatic carbocycles. The van der Waals surface area contributed by atoms with Crippen molar-refractivity contribution in [3.63, 3.8) is 0 Å². The third-order valence-electron chi connectivity index (χ3n) is 8.64. The number of allylic oxidation sites excluding steroid dienone is 2. The van der Waals surface area contributed by atoms with Crippen LogP contribution >= 0.6 is 31.9 Å². The molecule has 0 spiro atoms. The maximum absolute atomic E-state index is 13.9. The van der Waals surface area contributed by atoms with Gasteiger partial charge in [0, 0.05) is 27.7 Å². The molecule has 4 atom stereocenters. The number of carbonyl (C=O) groups is 2. The molecule has 1 saturated carbocycles. The lowest BCUT2D eigenvalue weighted by atomic mass is 9.97. The van der Waals surface area contributed by atoms with Crippen molar-refractivity contribution in [2.45, 2.75) is 61.9 Å². The largest absolute Gasteiger partial charge is 0.469 e. The fourth-order valence-electron chi connectivity index (χ4n) is 5.97. The summed E-state index contributed by atoms with van der Waals surface area (Å²) >= 11 is 6.81. The Labute approximate surface area is 310 Å². The minimum Gasteiger partial charge on any atom is -0.469 e. The molecule has 1 N–H and O–H groups in total. The standard InChI is InChI=1S/C39H39Br2NO7S/c1-47-37(43)17-11-3-2-10-16-32-35(48-26-27-18-20-29(21-19-27)28-12-6-4-7-13-28)25-36(49-39(44)30-14-8-5-9-15-30)38(32)42-50(45,46)31-22-23-33(40)34(41)24-31/h2,4-10,12-15,18-24,32,35-36,38,42H,3,11,16-17,25-26H2,1H3/t32-,35-,36+,38+/m0/s1. The van der Waals surface area contributed by atoms with Crippen LogP contribution in [0.25, 0.3) is 11.1 Å². The summed E-state index contributed by atoms with van der Waals surface area (Å²) in [4.78, 5) is 24.9. The lowest BCUT2D eigenvalue weighted by Gasteiger charge is -2.27. The van der Waals surface area contributed by atoms with Gasteiger partial charge in [-0.2, -0.15) is 0 Å². The Morgan fingerprint density at radius 2 is 1.52 bits per heavy atom. The Bertz CT molecular complexity index is 1870. The molecule has 1 fully saturated rings. The number of ether oxygens (including phenoxy) is 3. The van der Waals surface area contributed by atoms with Gasteiger partial charge in [0.25, 0.3) is 0 Å². The molecule has 4 aromatic rings. The first-order valence-corrected chi connectivity index (χ1v) is 19.4. The van der Waals surface area contributed by atoms with Crippen molar-refractivity contribution in [1.29, 1.82) is 0 Å². The fraction of sp³-hybridized carbons (Fsp3) is 0.282. The molecule has 50 heavy (non-hydrogen) atoms. The molecule has 0 saturated heterocycles. The highest BCUT2D eigenvalue weighted by Gasteiger charge is 2.47. The zero-order valence-electron chi connectivity index (χ0n) is 27.5. The van der Waals surface area contributed by atoms with E-state index in [2.05, 4.69) is 60.8 Å². The van der Waals surface area contributed by atoms with Gasteiger partial charge in [-0.15, -0.1) is 0 Å². The minimum atomic E-state index is -4.05. The zero-order valence-corrected chi connectivity index (χ0v) is 31.5. The van der Waals surface area contributed by atoms with Crippen molar-refractivity contribution in [3.8, 4) is 11.1 Å². The summed E-state index contributed by atoms with van der Waals surface area (Å²) in [5.74, 6) is -1.19. The first kappa shape index (κ1) is 37.6. The molecule has 0 amide bonds. The van der Waals surface area contributed by atoms with Crippen LogP contribution in [0.3, 0.4) is 0 Å². The first-order valence-electron chi connectivity index (χ1n) is 16.4. The third-order valence-corrected chi connectivity index (χ3v) is 12.0. The lowest BCUT2D eigenvalue weighted by molar-refractivity contribution is -0.140. The number of halogens is 2. The molecular formula is C39H39Br2NO7S. The topological polar surface area (TPSA) is 108 Å². The van der Waals surface area contributed by atoms with Crippen molar-refractivity contribution in [2.75, 3.05) is 7.11 Å². The van der Waals surface area contributed by atoms with Crippen LogP contribution in [-0.4, -0.2) is 45.7 Å². The van der Waals surface area contributed by atoms with Crippen LogP contribution in [0.1, 0.15) is 48.0 Å². The van der Waals surface area contributed by atoms with Crippen LogP contribution in [0.5, 0.6) is 0 Å². The van der Waals surface area contributed by atoms with Crippen molar-refractivity contribution in [1.82, 2.24) is 4.72 Å². The van der Waals surface area contributed by atoms with Crippen molar-refractivity contribution in [2.24, 2.45) is 5.92 Å². The molecule has 0 radical (unpaired) electrons. The lowest BCUT2D eigenvalue weighted by Crippen LogP contribution is -2.46. The summed E-state index contributed by atoms with van der Waals surface area (Å²) in [5.41, 5.74) is 3.54. The summed E-state index contributed by atoms with van der Waals surface area (Å²) in [7, 11) is -2.68. The Kier molecular flexibility index (Phi) is 13.6. The number of esters is 2. The van der Waals surface area contributed by atoms with E-state index in [0.717, 1.165) is 16.7 Å². The van der Waals surface area contributed by atoms with Crippen LogP contribution in [0, 0.1) is 5.92 Å². The molecule has 0 bridgehead atoms. The number of sulfonamides is 1. The quantitative estimate of drug-likeness (QED) is 0.0727. The number of carbonyl (C=O) groups excluding carboxylic acids is 2. The second-order valence-corrected chi connectivity index (χ2v) is 15.4. The van der Waals surface area contributed by atoms with E-state index in [1.807, 2.05) is 48.6 Å². The van der Waals surface area contributed by atoms with E-state index < -0.39 is 34.2 Å². The SMILES string of the molecule is COC(=O)CCCC=CC[C@@H]1[C@@H](NS(=O)(=O)c2ccc(Br)c(Br)c2)[C@H](OC(=O)c2ccccc2)C[C@@H]1OCc1ccc(-c2ccccc2)cc1. The van der Waals surface area contributed by atoms with Crippen molar-refractivity contribution in [3.05, 3.63) is 135 Å². The van der Waals surface area contributed by atoms with Crippen LogP contribution in [-0.2, 0) is 35.6 Å². The minimum absolute atomic E-state index is 0.0701. The van der Waals surface area contributed by atoms with Crippen molar-refractivity contribution < 1.29 is 32.2 Å². The number of rotatable bonds is 15. The first-order chi connectivity index (χ1) is 24.1. The Hall–Kier alpha value is -3.61. The molecule has 0 aromatic heterocycles. The highest BCUT2D eigenvalue weighted by Crippen LogP contribution is 2.37. The van der Waals surface area contributed by atoms with E-state index in [4.69, 9.17) is 14.2 Å². The molecule has 5 rings (SSSR count). The Morgan fingerprint density at radius 3 is 2.20 bits per heavy atom. The van der Waals surface area contributed by atoms with Crippen molar-refractivity contribution >= 4 is 53.8 Å². The fourth-order valence-corrected chi connectivity index (χ4v) is 8.09. The maximum Gasteiger partial charge on any atom is 0.338 e. The van der Waals surface area contributed by atoms with Crippen LogP contribution in [0.15, 0.2) is 129 Å². The molecule has 1 aliphatic rings. The summed E-state index contributed by atoms with van der Waals surface area (Å²) in [6.07, 6.45) is 5.03. The van der Waals surface area contributed by atoms with E-state index in [9.17, 15) is 18.0 Å². The second kappa shape index (κ2) is 18.1. The summed E-state index contributed by atoms with van der Waals surface area (Å²) in [6.45, 7) is 0.289. The van der Waals surface area contributed by atoms with E-state index in [1.54, 1.807) is 30.3 Å². The number of unbranched alkanes of at least 4 members (excludes halogenated alkanes) is 1. The van der Waals surface area contributed by atoms with E-state index >= 15 is 0 Å². The molecular weight excluding hydrogens is 786 g/mol. The number of hydrogen-bond acceptors (Lipinski definition) is 7. The highest BCUT2D eigenvalue weighted by atomic mass is 79.9. The van der Waals surface area contributed by atoms with Gasteiger partial charge in [-0.1, -0.05) is 84.9 Å². The molecule has 0 aliphatic heterocycles. The van der Waals surface area contributed by atoms with Crippen LogP contribution in [0.4, 0.5) is 0 Å². The van der Waals surface area contributed by atoms with Crippen LogP contribution < -0.4 is 4.72 Å². The Balaban J connectivity index is 1.40. The maximum atomic E-state index is 13.9.